The van der Waals surface area contributed by atoms with Crippen LogP contribution in [0.5, 0.6) is 11.5 Å². The lowest BCUT2D eigenvalue weighted by Gasteiger charge is -2.08. The van der Waals surface area contributed by atoms with Crippen molar-refractivity contribution in [2.45, 2.75) is 44.9 Å². The predicted octanol–water partition coefficient (Wildman–Crippen LogP) is 2.60. The minimum atomic E-state index is -3.06. The summed E-state index contributed by atoms with van der Waals surface area (Å²) in [5.74, 6) is -0.135. The lowest BCUT2D eigenvalue weighted by atomic mass is 10.0. The van der Waals surface area contributed by atoms with E-state index in [-0.39, 0.29) is 11.5 Å². The van der Waals surface area contributed by atoms with Gasteiger partial charge in [0, 0.05) is 6.54 Å². The van der Waals surface area contributed by atoms with Gasteiger partial charge in [0.15, 0.2) is 11.5 Å². The molecule has 0 fully saturated rings. The first-order valence-corrected chi connectivity index (χ1v) is 9.16. The molecular formula is C14H26N3O3P. The van der Waals surface area contributed by atoms with E-state index in [1.807, 2.05) is 6.07 Å². The molecule has 120 valence electrons. The zero-order valence-corrected chi connectivity index (χ0v) is 13.2. The third-order valence-corrected chi connectivity index (χ3v) is 4.01. The zero-order chi connectivity index (χ0) is 15.7. The molecule has 1 aromatic carbocycles. The topological polar surface area (TPSA) is 122 Å². The number of phenolic OH excluding ortho intramolecular Hbond substituents is 2. The van der Waals surface area contributed by atoms with E-state index in [0.29, 0.717) is 6.54 Å². The Morgan fingerprint density at radius 2 is 1.57 bits per heavy atom. The molecule has 6 nitrogen and oxygen atoms in total. The third kappa shape index (κ3) is 8.73. The fourth-order valence-electron chi connectivity index (χ4n) is 2.14. The standard InChI is InChI=1S/C14H26N3O3P/c15-21(16,20)17-10-6-4-2-1-3-5-7-12-8-9-13(18)14(19)11-12/h8-9,11,18-19H,1-7,10H2,(H5,15,16,17,20). The Morgan fingerprint density at radius 3 is 2.19 bits per heavy atom. The van der Waals surface area contributed by atoms with Gasteiger partial charge in [-0.05, 0) is 37.0 Å². The van der Waals surface area contributed by atoms with Crippen molar-refractivity contribution in [2.75, 3.05) is 6.54 Å². The van der Waals surface area contributed by atoms with Crippen LogP contribution >= 0.6 is 7.59 Å². The Kier molecular flexibility index (Phi) is 7.75. The normalized spacial score (nSPS) is 11.7. The Hall–Kier alpha value is -1.07. The number of aryl methyl sites for hydroxylation is 1. The van der Waals surface area contributed by atoms with E-state index in [9.17, 15) is 14.8 Å². The molecular weight excluding hydrogens is 289 g/mol. The maximum atomic E-state index is 11.0. The van der Waals surface area contributed by atoms with Crippen molar-refractivity contribution in [2.24, 2.45) is 11.0 Å². The first-order chi connectivity index (χ1) is 9.88. The Bertz CT molecular complexity index is 477. The third-order valence-electron chi connectivity index (χ3n) is 3.29. The molecule has 0 aliphatic heterocycles. The van der Waals surface area contributed by atoms with Crippen LogP contribution in [0.25, 0.3) is 0 Å². The summed E-state index contributed by atoms with van der Waals surface area (Å²) in [7, 11) is -3.06. The summed E-state index contributed by atoms with van der Waals surface area (Å²) in [5, 5.41) is 21.2. The van der Waals surface area contributed by atoms with Gasteiger partial charge in [0.05, 0.1) is 0 Å². The summed E-state index contributed by atoms with van der Waals surface area (Å²) >= 11 is 0. The summed E-state index contributed by atoms with van der Waals surface area (Å²) in [4.78, 5) is 0. The number of phenols is 2. The van der Waals surface area contributed by atoms with Crippen LogP contribution in [-0.2, 0) is 11.0 Å². The van der Waals surface area contributed by atoms with Crippen molar-refractivity contribution >= 4 is 7.59 Å². The van der Waals surface area contributed by atoms with Crippen molar-refractivity contribution in [3.05, 3.63) is 23.8 Å². The quantitative estimate of drug-likeness (QED) is 0.257. The minimum Gasteiger partial charge on any atom is -0.504 e. The van der Waals surface area contributed by atoms with Crippen LogP contribution in [0, 0.1) is 0 Å². The molecule has 0 atom stereocenters. The van der Waals surface area contributed by atoms with Gasteiger partial charge >= 0.3 is 0 Å². The number of nitrogens with one attached hydrogen (secondary N) is 1. The van der Waals surface area contributed by atoms with Gasteiger partial charge in [0.25, 0.3) is 7.59 Å². The molecule has 0 aromatic heterocycles. The molecule has 0 radical (unpaired) electrons. The smallest absolute Gasteiger partial charge is 0.273 e. The fraction of sp³-hybridized carbons (Fsp3) is 0.571. The summed E-state index contributed by atoms with van der Waals surface area (Å²) in [6.45, 7) is 0.594. The highest BCUT2D eigenvalue weighted by Gasteiger charge is 2.04. The minimum absolute atomic E-state index is 0.0582. The Morgan fingerprint density at radius 1 is 0.952 bits per heavy atom. The molecule has 0 saturated carbocycles. The molecule has 21 heavy (non-hydrogen) atoms. The molecule has 0 amide bonds. The summed E-state index contributed by atoms with van der Waals surface area (Å²) in [6.07, 6.45) is 7.34. The highest BCUT2D eigenvalue weighted by Crippen LogP contribution is 2.25. The molecule has 0 unspecified atom stereocenters. The van der Waals surface area contributed by atoms with Crippen LogP contribution in [0.4, 0.5) is 0 Å². The van der Waals surface area contributed by atoms with Gasteiger partial charge in [-0.2, -0.15) is 0 Å². The largest absolute Gasteiger partial charge is 0.504 e. The molecule has 0 aliphatic carbocycles. The monoisotopic (exact) mass is 315 g/mol. The van der Waals surface area contributed by atoms with E-state index in [2.05, 4.69) is 5.09 Å². The van der Waals surface area contributed by atoms with Crippen molar-refractivity contribution in [1.29, 1.82) is 0 Å². The average Bonchev–Trinajstić information content (AvgIpc) is 2.39. The molecule has 0 bridgehead atoms. The lowest BCUT2D eigenvalue weighted by Crippen LogP contribution is -2.22. The van der Waals surface area contributed by atoms with Crippen molar-refractivity contribution in [3.8, 4) is 11.5 Å². The molecule has 7 N–H and O–H groups in total. The van der Waals surface area contributed by atoms with E-state index < -0.39 is 7.59 Å². The van der Waals surface area contributed by atoms with Crippen LogP contribution in [0.3, 0.4) is 0 Å². The SMILES string of the molecule is NP(N)(=O)NCCCCCCCCc1ccc(O)c(O)c1. The van der Waals surface area contributed by atoms with Gasteiger partial charge in [0.2, 0.25) is 0 Å². The highest BCUT2D eigenvalue weighted by molar-refractivity contribution is 7.56. The van der Waals surface area contributed by atoms with E-state index >= 15 is 0 Å². The number of aromatic hydroxyl groups is 2. The molecule has 0 aliphatic rings. The molecule has 0 saturated heterocycles. The number of hydrogen-bond donors (Lipinski definition) is 5. The first kappa shape index (κ1) is 18.0. The van der Waals surface area contributed by atoms with Gasteiger partial charge in [-0.3, -0.25) is 15.6 Å². The van der Waals surface area contributed by atoms with Crippen LogP contribution in [-0.4, -0.2) is 16.8 Å². The Labute approximate surface area is 126 Å². The average molecular weight is 315 g/mol. The van der Waals surface area contributed by atoms with Crippen molar-refractivity contribution in [3.63, 3.8) is 0 Å². The van der Waals surface area contributed by atoms with Gasteiger partial charge in [-0.15, -0.1) is 0 Å². The lowest BCUT2D eigenvalue weighted by molar-refractivity contribution is 0.403. The maximum Gasteiger partial charge on any atom is 0.273 e. The van der Waals surface area contributed by atoms with E-state index in [1.165, 1.54) is 6.07 Å². The number of hydrogen-bond acceptors (Lipinski definition) is 3. The van der Waals surface area contributed by atoms with E-state index in [4.69, 9.17) is 11.0 Å². The second-order valence-corrected chi connectivity index (χ2v) is 7.05. The second-order valence-electron chi connectivity index (χ2n) is 5.31. The van der Waals surface area contributed by atoms with Gasteiger partial charge in [-0.25, -0.2) is 5.09 Å². The maximum absolute atomic E-state index is 11.0. The number of benzene rings is 1. The molecule has 7 heteroatoms. The highest BCUT2D eigenvalue weighted by atomic mass is 31.2. The summed E-state index contributed by atoms with van der Waals surface area (Å²) in [5.41, 5.74) is 11.4. The number of nitrogens with two attached hydrogens (primary N) is 2. The van der Waals surface area contributed by atoms with Gasteiger partial charge in [0.1, 0.15) is 0 Å². The number of rotatable bonds is 10. The summed E-state index contributed by atoms with van der Waals surface area (Å²) < 4.78 is 11.0. The molecule has 0 heterocycles. The first-order valence-electron chi connectivity index (χ1n) is 7.31. The van der Waals surface area contributed by atoms with Crippen molar-refractivity contribution < 1.29 is 14.8 Å². The van der Waals surface area contributed by atoms with Crippen LogP contribution in [0.15, 0.2) is 18.2 Å². The van der Waals surface area contributed by atoms with E-state index in [0.717, 1.165) is 50.5 Å². The van der Waals surface area contributed by atoms with Gasteiger partial charge < -0.3 is 10.2 Å². The van der Waals surface area contributed by atoms with Crippen molar-refractivity contribution in [1.82, 2.24) is 5.09 Å². The molecule has 1 aromatic rings. The van der Waals surface area contributed by atoms with Gasteiger partial charge in [-0.1, -0.05) is 31.7 Å². The van der Waals surface area contributed by atoms with Crippen LogP contribution in [0.2, 0.25) is 0 Å². The predicted molar refractivity (Wildman–Crippen MR) is 85.2 cm³/mol. The van der Waals surface area contributed by atoms with E-state index in [1.54, 1.807) is 6.07 Å². The molecule has 0 spiro atoms. The summed E-state index contributed by atoms with van der Waals surface area (Å²) in [6, 6.07) is 4.96. The Balaban J connectivity index is 2.00. The van der Waals surface area contributed by atoms with Crippen LogP contribution in [0.1, 0.15) is 44.1 Å². The number of unbranched alkanes of at least 4 members (excludes halogenated alkanes) is 5. The zero-order valence-electron chi connectivity index (χ0n) is 12.3. The van der Waals surface area contributed by atoms with Crippen LogP contribution < -0.4 is 16.1 Å². The second kappa shape index (κ2) is 9.05. The molecule has 1 rings (SSSR count). The fourth-order valence-corrected chi connectivity index (χ4v) is 2.65.